The molecule has 1 atom stereocenters. The summed E-state index contributed by atoms with van der Waals surface area (Å²) < 4.78 is 30.8. The normalized spacial score (nSPS) is 15.4. The molecular weight excluding hydrogens is 435 g/mol. The van der Waals surface area contributed by atoms with Crippen molar-refractivity contribution in [3.8, 4) is 5.88 Å². The Kier molecular flexibility index (Phi) is 7.12. The highest BCUT2D eigenvalue weighted by Crippen LogP contribution is 2.34. The number of hydrogen-bond acceptors (Lipinski definition) is 5. The van der Waals surface area contributed by atoms with Crippen LogP contribution in [0.1, 0.15) is 37.5 Å². The first-order chi connectivity index (χ1) is 16.3. The predicted octanol–water partition coefficient (Wildman–Crippen LogP) is 5.53. The first-order valence-electron chi connectivity index (χ1n) is 11.3. The Bertz CT molecular complexity index is 1110. The van der Waals surface area contributed by atoms with Crippen molar-refractivity contribution in [1.82, 2.24) is 4.98 Å². The quantitative estimate of drug-likeness (QED) is 0.480. The van der Waals surface area contributed by atoms with E-state index in [0.29, 0.717) is 24.6 Å². The maximum atomic E-state index is 13.3. The third-order valence-corrected chi connectivity index (χ3v) is 5.26. The van der Waals surface area contributed by atoms with E-state index in [4.69, 9.17) is 14.2 Å². The molecule has 34 heavy (non-hydrogen) atoms. The van der Waals surface area contributed by atoms with E-state index in [1.807, 2.05) is 57.2 Å². The average molecular weight is 465 g/mol. The van der Waals surface area contributed by atoms with Crippen molar-refractivity contribution < 1.29 is 23.4 Å². The van der Waals surface area contributed by atoms with Crippen molar-refractivity contribution in [3.63, 3.8) is 0 Å². The number of carbonyl (C=O) groups excluding carboxylic acids is 1. The Hall–Kier alpha value is -3.45. The highest BCUT2D eigenvalue weighted by atomic mass is 19.1. The van der Waals surface area contributed by atoms with Gasteiger partial charge in [-0.15, -0.1) is 0 Å². The minimum atomic E-state index is -0.663. The molecule has 0 aliphatic carbocycles. The second-order valence-corrected chi connectivity index (χ2v) is 9.29. The lowest BCUT2D eigenvalue weighted by Gasteiger charge is -2.37. The Balaban J connectivity index is 1.57. The van der Waals surface area contributed by atoms with Gasteiger partial charge in [0.05, 0.1) is 19.3 Å². The topological polar surface area (TPSA) is 60.9 Å². The van der Waals surface area contributed by atoms with Crippen LogP contribution in [-0.4, -0.2) is 35.9 Å². The third-order valence-electron chi connectivity index (χ3n) is 5.26. The van der Waals surface area contributed by atoms with Crippen LogP contribution in [0, 0.1) is 5.82 Å². The Morgan fingerprint density at radius 3 is 2.53 bits per heavy atom. The zero-order chi connectivity index (χ0) is 24.1. The number of nitrogens with zero attached hydrogens (tertiary/aromatic N) is 2. The van der Waals surface area contributed by atoms with Gasteiger partial charge in [0.1, 0.15) is 23.7 Å². The van der Waals surface area contributed by atoms with E-state index in [1.165, 1.54) is 12.1 Å². The summed E-state index contributed by atoms with van der Waals surface area (Å²) in [7, 11) is 0. The number of halogens is 1. The SMILES string of the molecule is CC(C)(C)OC(=O)N1c2cc(Cc3ccc(F)cc3)cnc2OC[C@@H]1COCc1ccccc1. The summed E-state index contributed by atoms with van der Waals surface area (Å²) in [5.74, 6) is 0.0863. The molecule has 1 aliphatic rings. The van der Waals surface area contributed by atoms with Crippen LogP contribution in [0.15, 0.2) is 66.9 Å². The molecule has 0 radical (unpaired) electrons. The molecule has 0 bridgehead atoms. The van der Waals surface area contributed by atoms with Crippen LogP contribution < -0.4 is 9.64 Å². The Morgan fingerprint density at radius 1 is 1.09 bits per heavy atom. The van der Waals surface area contributed by atoms with E-state index in [-0.39, 0.29) is 25.1 Å². The molecule has 4 rings (SSSR count). The predicted molar refractivity (Wildman–Crippen MR) is 128 cm³/mol. The zero-order valence-electron chi connectivity index (χ0n) is 19.7. The van der Waals surface area contributed by atoms with Gasteiger partial charge >= 0.3 is 6.09 Å². The van der Waals surface area contributed by atoms with Crippen molar-refractivity contribution in [3.05, 3.63) is 89.4 Å². The number of fused-ring (bicyclic) bond motifs is 1. The Labute approximate surface area is 199 Å². The van der Waals surface area contributed by atoms with Crippen LogP contribution in [-0.2, 0) is 22.5 Å². The van der Waals surface area contributed by atoms with Crippen LogP contribution in [0.4, 0.5) is 14.9 Å². The highest BCUT2D eigenvalue weighted by molar-refractivity contribution is 5.91. The molecule has 0 N–H and O–H groups in total. The molecule has 0 spiro atoms. The summed E-state index contributed by atoms with van der Waals surface area (Å²) in [5.41, 5.74) is 2.73. The molecule has 0 saturated heterocycles. The van der Waals surface area contributed by atoms with Gasteiger partial charge in [0.2, 0.25) is 5.88 Å². The van der Waals surface area contributed by atoms with E-state index >= 15 is 0 Å². The van der Waals surface area contributed by atoms with Crippen molar-refractivity contribution in [2.75, 3.05) is 18.1 Å². The molecule has 3 aromatic rings. The number of anilines is 1. The molecule has 0 unspecified atom stereocenters. The minimum absolute atomic E-state index is 0.241. The molecule has 1 amide bonds. The molecule has 2 heterocycles. The molecule has 0 fully saturated rings. The molecule has 178 valence electrons. The molecule has 0 saturated carbocycles. The third kappa shape index (κ3) is 6.11. The van der Waals surface area contributed by atoms with Gasteiger partial charge in [-0.3, -0.25) is 4.90 Å². The van der Waals surface area contributed by atoms with E-state index in [0.717, 1.165) is 16.7 Å². The largest absolute Gasteiger partial charge is 0.474 e. The van der Waals surface area contributed by atoms with Crippen LogP contribution in [0.3, 0.4) is 0 Å². The first-order valence-corrected chi connectivity index (χ1v) is 11.3. The van der Waals surface area contributed by atoms with E-state index in [2.05, 4.69) is 4.98 Å². The lowest BCUT2D eigenvalue weighted by molar-refractivity contribution is 0.0449. The molecule has 6 nitrogen and oxygen atoms in total. The minimum Gasteiger partial charge on any atom is -0.474 e. The smallest absolute Gasteiger partial charge is 0.415 e. The molecule has 7 heteroatoms. The average Bonchev–Trinajstić information content (AvgIpc) is 2.80. The van der Waals surface area contributed by atoms with Gasteiger partial charge in [0, 0.05) is 6.20 Å². The summed E-state index contributed by atoms with van der Waals surface area (Å²) in [6.07, 6.45) is 1.77. The van der Waals surface area contributed by atoms with Gasteiger partial charge < -0.3 is 14.2 Å². The van der Waals surface area contributed by atoms with Crippen molar-refractivity contribution in [2.24, 2.45) is 0 Å². The summed E-state index contributed by atoms with van der Waals surface area (Å²) in [6.45, 7) is 6.43. The number of aromatic nitrogens is 1. The number of amides is 1. The van der Waals surface area contributed by atoms with Crippen LogP contribution in [0.25, 0.3) is 0 Å². The fourth-order valence-corrected chi connectivity index (χ4v) is 3.72. The van der Waals surface area contributed by atoms with Gasteiger partial charge in [0.25, 0.3) is 0 Å². The second-order valence-electron chi connectivity index (χ2n) is 9.29. The number of ether oxygens (including phenoxy) is 3. The van der Waals surface area contributed by atoms with Crippen molar-refractivity contribution >= 4 is 11.8 Å². The fourth-order valence-electron chi connectivity index (χ4n) is 3.72. The molecule has 1 aliphatic heterocycles. The summed E-state index contributed by atoms with van der Waals surface area (Å²) in [5, 5.41) is 0. The van der Waals surface area contributed by atoms with Crippen molar-refractivity contribution in [1.29, 1.82) is 0 Å². The van der Waals surface area contributed by atoms with E-state index in [9.17, 15) is 9.18 Å². The first kappa shape index (κ1) is 23.7. The van der Waals surface area contributed by atoms with Gasteiger partial charge in [-0.25, -0.2) is 14.2 Å². The van der Waals surface area contributed by atoms with E-state index < -0.39 is 11.7 Å². The molecule has 2 aromatic carbocycles. The van der Waals surface area contributed by atoms with Crippen LogP contribution in [0.2, 0.25) is 0 Å². The van der Waals surface area contributed by atoms with Crippen molar-refractivity contribution in [2.45, 2.75) is 45.4 Å². The number of pyridine rings is 1. The van der Waals surface area contributed by atoms with Gasteiger partial charge in [0.15, 0.2) is 0 Å². The number of rotatable bonds is 6. The highest BCUT2D eigenvalue weighted by Gasteiger charge is 2.36. The molecular formula is C27H29FN2O4. The summed E-state index contributed by atoms with van der Waals surface area (Å²) >= 11 is 0. The number of carbonyl (C=O) groups is 1. The summed E-state index contributed by atoms with van der Waals surface area (Å²) in [6, 6.07) is 17.7. The lowest BCUT2D eigenvalue weighted by Crippen LogP contribution is -2.51. The molecule has 1 aromatic heterocycles. The number of hydrogen-bond donors (Lipinski definition) is 0. The van der Waals surface area contributed by atoms with Crippen LogP contribution in [0.5, 0.6) is 5.88 Å². The zero-order valence-corrected chi connectivity index (χ0v) is 19.7. The van der Waals surface area contributed by atoms with Gasteiger partial charge in [-0.1, -0.05) is 42.5 Å². The maximum Gasteiger partial charge on any atom is 0.415 e. The van der Waals surface area contributed by atoms with E-state index in [1.54, 1.807) is 23.2 Å². The monoisotopic (exact) mass is 464 g/mol. The van der Waals surface area contributed by atoms with Gasteiger partial charge in [-0.05, 0) is 62.1 Å². The Morgan fingerprint density at radius 2 is 1.82 bits per heavy atom. The standard InChI is InChI=1S/C27H29FN2O4/c1-27(2,3)34-26(31)30-23(17-32-16-20-7-5-4-6-8-20)18-33-25-24(30)14-21(15-29-25)13-19-9-11-22(28)12-10-19/h4-12,14-15,23H,13,16-18H2,1-3H3/t23-/m0/s1. The maximum absolute atomic E-state index is 13.3. The lowest BCUT2D eigenvalue weighted by atomic mass is 10.1. The van der Waals surface area contributed by atoms with Gasteiger partial charge in [-0.2, -0.15) is 0 Å². The van der Waals surface area contributed by atoms with Crippen LogP contribution >= 0.6 is 0 Å². The fraction of sp³-hybridized carbons (Fsp3) is 0.333. The second kappa shape index (κ2) is 10.2. The number of benzene rings is 2. The summed E-state index contributed by atoms with van der Waals surface area (Å²) in [4.78, 5) is 19.3.